The van der Waals surface area contributed by atoms with Crippen molar-refractivity contribution in [3.63, 3.8) is 0 Å². The largest absolute Gasteiger partial charge is 0.356 e. The van der Waals surface area contributed by atoms with Crippen LogP contribution < -0.4 is 0 Å². The number of hydrogen-bond acceptors (Lipinski definition) is 1. The van der Waals surface area contributed by atoms with Gasteiger partial charge in [-0.05, 0) is 55.1 Å². The minimum atomic E-state index is 0.116. The van der Waals surface area contributed by atoms with Crippen molar-refractivity contribution in [1.82, 2.24) is 9.88 Å². The third-order valence-corrected chi connectivity index (χ3v) is 3.76. The fourth-order valence-electron chi connectivity index (χ4n) is 2.45. The van der Waals surface area contributed by atoms with Gasteiger partial charge in [-0.25, -0.2) is 0 Å². The van der Waals surface area contributed by atoms with Gasteiger partial charge in [0, 0.05) is 22.8 Å². The summed E-state index contributed by atoms with van der Waals surface area (Å²) < 4.78 is 0.924. The Morgan fingerprint density at radius 3 is 2.56 bits per heavy atom. The van der Waals surface area contributed by atoms with Crippen LogP contribution in [0.15, 0.2) is 16.7 Å². The van der Waals surface area contributed by atoms with E-state index in [4.69, 9.17) is 0 Å². The summed E-state index contributed by atoms with van der Waals surface area (Å²) in [5.41, 5.74) is 0.674. The number of carbonyl (C=O) groups is 1. The summed E-state index contributed by atoms with van der Waals surface area (Å²) in [6, 6.07) is 2.53. The molecule has 0 aliphatic carbocycles. The Bertz CT molecular complexity index is 378. The van der Waals surface area contributed by atoms with E-state index in [0.29, 0.717) is 17.8 Å². The van der Waals surface area contributed by atoms with Crippen LogP contribution in [0.5, 0.6) is 0 Å². The molecule has 1 N–H and O–H groups in total. The second kappa shape index (κ2) is 4.62. The molecule has 3 nitrogen and oxygen atoms in total. The molecular formula is C12H17BrN2O. The van der Waals surface area contributed by atoms with Crippen molar-refractivity contribution in [3.8, 4) is 0 Å². The van der Waals surface area contributed by atoms with Gasteiger partial charge in [-0.3, -0.25) is 4.79 Å². The quantitative estimate of drug-likeness (QED) is 0.845. The van der Waals surface area contributed by atoms with E-state index in [0.717, 1.165) is 17.3 Å². The second-order valence-corrected chi connectivity index (χ2v) is 5.49. The van der Waals surface area contributed by atoms with E-state index in [1.807, 2.05) is 11.0 Å². The van der Waals surface area contributed by atoms with Crippen molar-refractivity contribution in [2.24, 2.45) is 0 Å². The third kappa shape index (κ3) is 2.17. The zero-order valence-corrected chi connectivity index (χ0v) is 11.3. The highest BCUT2D eigenvalue weighted by atomic mass is 79.9. The SMILES string of the molecule is CC1CCCC(C)N1C(=O)c1cc(Br)c[nH]1. The van der Waals surface area contributed by atoms with Crippen LogP contribution in [0.2, 0.25) is 0 Å². The van der Waals surface area contributed by atoms with E-state index in [-0.39, 0.29) is 5.91 Å². The smallest absolute Gasteiger partial charge is 0.270 e. The van der Waals surface area contributed by atoms with E-state index in [2.05, 4.69) is 34.8 Å². The normalized spacial score (nSPS) is 25.8. The lowest BCUT2D eigenvalue weighted by Crippen LogP contribution is -2.47. The molecule has 2 atom stereocenters. The molecule has 1 aliphatic rings. The van der Waals surface area contributed by atoms with Gasteiger partial charge < -0.3 is 9.88 Å². The molecule has 0 saturated carbocycles. The molecule has 1 aliphatic heterocycles. The van der Waals surface area contributed by atoms with Gasteiger partial charge in [0.15, 0.2) is 0 Å². The molecule has 1 aromatic rings. The number of nitrogens with zero attached hydrogens (tertiary/aromatic N) is 1. The van der Waals surface area contributed by atoms with Crippen LogP contribution in [0.25, 0.3) is 0 Å². The van der Waals surface area contributed by atoms with E-state index in [1.54, 1.807) is 6.20 Å². The van der Waals surface area contributed by atoms with Crippen LogP contribution in [0, 0.1) is 0 Å². The van der Waals surface area contributed by atoms with Crippen molar-refractivity contribution < 1.29 is 4.79 Å². The number of likely N-dealkylation sites (tertiary alicyclic amines) is 1. The molecule has 1 amide bonds. The summed E-state index contributed by atoms with van der Waals surface area (Å²) in [6.07, 6.45) is 5.24. The maximum Gasteiger partial charge on any atom is 0.270 e. The van der Waals surface area contributed by atoms with Gasteiger partial charge in [0.05, 0.1) is 0 Å². The van der Waals surface area contributed by atoms with Crippen LogP contribution in [-0.2, 0) is 0 Å². The van der Waals surface area contributed by atoms with E-state index in [1.165, 1.54) is 6.42 Å². The first kappa shape index (κ1) is 11.7. The molecule has 0 radical (unpaired) electrons. The fraction of sp³-hybridized carbons (Fsp3) is 0.583. The summed E-state index contributed by atoms with van der Waals surface area (Å²) in [7, 11) is 0. The molecule has 2 unspecified atom stereocenters. The van der Waals surface area contributed by atoms with Gasteiger partial charge in [0.1, 0.15) is 5.69 Å². The Balaban J connectivity index is 2.19. The number of rotatable bonds is 1. The molecule has 4 heteroatoms. The van der Waals surface area contributed by atoms with Crippen molar-refractivity contribution >= 4 is 21.8 Å². The first-order valence-corrected chi connectivity index (χ1v) is 6.55. The van der Waals surface area contributed by atoms with Crippen LogP contribution in [0.3, 0.4) is 0 Å². The van der Waals surface area contributed by atoms with E-state index >= 15 is 0 Å². The number of aromatic nitrogens is 1. The number of hydrogen-bond donors (Lipinski definition) is 1. The predicted octanol–water partition coefficient (Wildman–Crippen LogP) is 3.18. The van der Waals surface area contributed by atoms with Crippen molar-refractivity contribution in [3.05, 3.63) is 22.4 Å². The Hall–Kier alpha value is -0.770. The molecule has 1 saturated heterocycles. The molecule has 2 heterocycles. The molecular weight excluding hydrogens is 268 g/mol. The molecule has 0 spiro atoms. The highest BCUT2D eigenvalue weighted by Crippen LogP contribution is 2.24. The first-order chi connectivity index (χ1) is 7.59. The van der Waals surface area contributed by atoms with Gasteiger partial charge in [-0.1, -0.05) is 0 Å². The monoisotopic (exact) mass is 284 g/mol. The fourth-order valence-corrected chi connectivity index (χ4v) is 2.80. The summed E-state index contributed by atoms with van der Waals surface area (Å²) in [5.74, 6) is 0.116. The number of nitrogens with one attached hydrogen (secondary N) is 1. The lowest BCUT2D eigenvalue weighted by molar-refractivity contribution is 0.0505. The number of H-pyrrole nitrogens is 1. The lowest BCUT2D eigenvalue weighted by Gasteiger charge is -2.38. The average Bonchev–Trinajstić information content (AvgIpc) is 2.64. The molecule has 0 aromatic carbocycles. The Morgan fingerprint density at radius 2 is 2.06 bits per heavy atom. The Morgan fingerprint density at radius 1 is 1.44 bits per heavy atom. The zero-order chi connectivity index (χ0) is 11.7. The van der Waals surface area contributed by atoms with Gasteiger partial charge >= 0.3 is 0 Å². The minimum absolute atomic E-state index is 0.116. The van der Waals surface area contributed by atoms with Crippen LogP contribution in [-0.4, -0.2) is 27.9 Å². The number of carbonyl (C=O) groups excluding carboxylic acids is 1. The summed E-state index contributed by atoms with van der Waals surface area (Å²) in [5, 5.41) is 0. The summed E-state index contributed by atoms with van der Waals surface area (Å²) in [6.45, 7) is 4.26. The summed E-state index contributed by atoms with van der Waals surface area (Å²) in [4.78, 5) is 17.3. The van der Waals surface area contributed by atoms with E-state index < -0.39 is 0 Å². The molecule has 88 valence electrons. The zero-order valence-electron chi connectivity index (χ0n) is 9.66. The van der Waals surface area contributed by atoms with Gasteiger partial charge in [0.2, 0.25) is 0 Å². The van der Waals surface area contributed by atoms with Crippen LogP contribution in [0.1, 0.15) is 43.6 Å². The van der Waals surface area contributed by atoms with E-state index in [9.17, 15) is 4.79 Å². The molecule has 1 aromatic heterocycles. The molecule has 16 heavy (non-hydrogen) atoms. The third-order valence-electron chi connectivity index (χ3n) is 3.31. The second-order valence-electron chi connectivity index (χ2n) is 4.57. The van der Waals surface area contributed by atoms with Gasteiger partial charge in [-0.2, -0.15) is 0 Å². The number of aromatic amines is 1. The van der Waals surface area contributed by atoms with Gasteiger partial charge in [-0.15, -0.1) is 0 Å². The predicted molar refractivity (Wildman–Crippen MR) is 67.4 cm³/mol. The van der Waals surface area contributed by atoms with Crippen molar-refractivity contribution in [2.45, 2.75) is 45.2 Å². The maximum atomic E-state index is 12.3. The molecule has 2 rings (SSSR count). The minimum Gasteiger partial charge on any atom is -0.356 e. The number of piperidine rings is 1. The number of amides is 1. The maximum absolute atomic E-state index is 12.3. The standard InChI is InChI=1S/C12H17BrN2O/c1-8-4-3-5-9(2)15(8)12(16)11-6-10(13)7-14-11/h6-9,14H,3-5H2,1-2H3. The molecule has 0 bridgehead atoms. The van der Waals surface area contributed by atoms with Crippen LogP contribution >= 0.6 is 15.9 Å². The lowest BCUT2D eigenvalue weighted by atomic mass is 9.97. The van der Waals surface area contributed by atoms with Gasteiger partial charge in [0.25, 0.3) is 5.91 Å². The Labute approximate surface area is 104 Å². The highest BCUT2D eigenvalue weighted by molar-refractivity contribution is 9.10. The average molecular weight is 285 g/mol. The molecule has 1 fully saturated rings. The van der Waals surface area contributed by atoms with Crippen molar-refractivity contribution in [1.29, 1.82) is 0 Å². The first-order valence-electron chi connectivity index (χ1n) is 5.76. The van der Waals surface area contributed by atoms with Crippen molar-refractivity contribution in [2.75, 3.05) is 0 Å². The topological polar surface area (TPSA) is 36.1 Å². The van der Waals surface area contributed by atoms with Crippen LogP contribution in [0.4, 0.5) is 0 Å². The highest BCUT2D eigenvalue weighted by Gasteiger charge is 2.30. The Kier molecular flexibility index (Phi) is 3.38. The summed E-state index contributed by atoms with van der Waals surface area (Å²) >= 11 is 3.35. The number of halogens is 1.